The van der Waals surface area contributed by atoms with E-state index in [0.717, 1.165) is 31.9 Å². The summed E-state index contributed by atoms with van der Waals surface area (Å²) in [4.78, 5) is 0. The molecular formula is C35H60N4O. The van der Waals surface area contributed by atoms with Crippen molar-refractivity contribution in [3.05, 3.63) is 65.7 Å². The van der Waals surface area contributed by atoms with E-state index in [0.29, 0.717) is 0 Å². The number of rotatable bonds is 28. The molecule has 5 nitrogen and oxygen atoms in total. The molecule has 0 amide bonds. The van der Waals surface area contributed by atoms with Crippen molar-refractivity contribution in [3.63, 3.8) is 0 Å². The topological polar surface area (TPSA) is 57.4 Å². The lowest BCUT2D eigenvalue weighted by atomic mass is 10.1. The second kappa shape index (κ2) is 26.0. The van der Waals surface area contributed by atoms with Crippen LogP contribution in [0.2, 0.25) is 0 Å². The van der Waals surface area contributed by atoms with Gasteiger partial charge in [0, 0.05) is 18.7 Å². The van der Waals surface area contributed by atoms with E-state index in [2.05, 4.69) is 63.7 Å². The van der Waals surface area contributed by atoms with Crippen molar-refractivity contribution in [1.82, 2.24) is 21.3 Å². The zero-order chi connectivity index (χ0) is 28.2. The van der Waals surface area contributed by atoms with Gasteiger partial charge in [-0.2, -0.15) is 0 Å². The molecule has 2 aromatic rings. The lowest BCUT2D eigenvalue weighted by molar-refractivity contribution is 0.407. The molecule has 4 N–H and O–H groups in total. The monoisotopic (exact) mass is 552 g/mol. The Morgan fingerprint density at radius 3 is 1.32 bits per heavy atom. The van der Waals surface area contributed by atoms with Crippen molar-refractivity contribution < 1.29 is 4.74 Å². The molecule has 0 aromatic heterocycles. The van der Waals surface area contributed by atoms with E-state index in [-0.39, 0.29) is 0 Å². The van der Waals surface area contributed by atoms with Crippen LogP contribution in [0.25, 0.3) is 0 Å². The van der Waals surface area contributed by atoms with E-state index in [1.807, 2.05) is 12.1 Å². The van der Waals surface area contributed by atoms with Gasteiger partial charge in [0.1, 0.15) is 5.75 Å². The molecular weight excluding hydrogens is 492 g/mol. The summed E-state index contributed by atoms with van der Waals surface area (Å²) in [6.07, 6.45) is 18.6. The molecule has 2 rings (SSSR count). The van der Waals surface area contributed by atoms with E-state index in [4.69, 9.17) is 4.74 Å². The Bertz CT molecular complexity index is 801. The lowest BCUT2D eigenvalue weighted by Gasteiger charge is -2.09. The molecule has 0 bridgehead atoms. The van der Waals surface area contributed by atoms with Crippen LogP contribution in [0.1, 0.15) is 101 Å². The molecule has 0 radical (unpaired) electrons. The van der Waals surface area contributed by atoms with Crippen LogP contribution >= 0.6 is 0 Å². The first-order chi connectivity index (χ1) is 19.9. The standard InChI is InChI=1S/C35H60N4O/c1-40-35-24-14-13-23-34(35)32-39-30-20-9-7-18-28-37-26-16-5-3-2-4-15-25-36-27-17-6-8-19-29-38-31-33-21-11-10-12-22-33/h10-14,21-24,36-39H,2-9,15-20,25-32H2,1H3. The van der Waals surface area contributed by atoms with Crippen molar-refractivity contribution in [2.75, 3.05) is 46.4 Å². The maximum absolute atomic E-state index is 5.41. The van der Waals surface area contributed by atoms with Gasteiger partial charge in [-0.3, -0.25) is 0 Å². The van der Waals surface area contributed by atoms with Crippen molar-refractivity contribution in [2.24, 2.45) is 0 Å². The number of para-hydroxylation sites is 1. The first-order valence-corrected chi connectivity index (χ1v) is 16.4. The Morgan fingerprint density at radius 2 is 0.825 bits per heavy atom. The summed E-state index contributed by atoms with van der Waals surface area (Å²) in [5.41, 5.74) is 2.62. The SMILES string of the molecule is COc1ccccc1CNCCCCCCNCCCCCCCCNCCCCCCNCc1ccccc1. The molecule has 0 fully saturated rings. The Morgan fingerprint density at radius 1 is 0.425 bits per heavy atom. The third-order valence-electron chi connectivity index (χ3n) is 7.55. The fraction of sp³-hybridized carbons (Fsp3) is 0.657. The summed E-state index contributed by atoms with van der Waals surface area (Å²) >= 11 is 0. The number of methoxy groups -OCH3 is 1. The molecule has 0 saturated carbocycles. The van der Waals surface area contributed by atoms with Gasteiger partial charge in [0.15, 0.2) is 0 Å². The highest BCUT2D eigenvalue weighted by molar-refractivity contribution is 5.32. The highest BCUT2D eigenvalue weighted by atomic mass is 16.5. The number of hydrogen-bond acceptors (Lipinski definition) is 5. The van der Waals surface area contributed by atoms with Crippen LogP contribution in [0, 0.1) is 0 Å². The molecule has 0 aliphatic carbocycles. The van der Waals surface area contributed by atoms with Gasteiger partial charge in [0.2, 0.25) is 0 Å². The highest BCUT2D eigenvalue weighted by Gasteiger charge is 2.00. The maximum Gasteiger partial charge on any atom is 0.123 e. The Hall–Kier alpha value is -1.92. The van der Waals surface area contributed by atoms with Gasteiger partial charge >= 0.3 is 0 Å². The van der Waals surface area contributed by atoms with Crippen LogP contribution in [0.4, 0.5) is 0 Å². The van der Waals surface area contributed by atoms with Crippen LogP contribution in [0.3, 0.4) is 0 Å². The number of ether oxygens (including phenoxy) is 1. The van der Waals surface area contributed by atoms with Crippen LogP contribution in [0.15, 0.2) is 54.6 Å². The van der Waals surface area contributed by atoms with Gasteiger partial charge in [-0.15, -0.1) is 0 Å². The largest absolute Gasteiger partial charge is 0.496 e. The average Bonchev–Trinajstić information content (AvgIpc) is 2.99. The maximum atomic E-state index is 5.41. The normalized spacial score (nSPS) is 11.2. The minimum absolute atomic E-state index is 0.886. The van der Waals surface area contributed by atoms with Gasteiger partial charge in [-0.1, -0.05) is 99.9 Å². The van der Waals surface area contributed by atoms with Crippen molar-refractivity contribution in [1.29, 1.82) is 0 Å². The van der Waals surface area contributed by atoms with E-state index in [9.17, 15) is 0 Å². The number of hydrogen-bond donors (Lipinski definition) is 4. The van der Waals surface area contributed by atoms with E-state index in [1.165, 1.54) is 127 Å². The molecule has 226 valence electrons. The van der Waals surface area contributed by atoms with Gasteiger partial charge in [0.25, 0.3) is 0 Å². The Kier molecular flexibility index (Phi) is 22.3. The summed E-state index contributed by atoms with van der Waals surface area (Å²) in [7, 11) is 1.74. The third kappa shape index (κ3) is 19.2. The molecule has 0 aliphatic rings. The summed E-state index contributed by atoms with van der Waals surface area (Å²) in [5.74, 6) is 0.977. The number of unbranched alkanes of at least 4 members (excludes halogenated alkanes) is 11. The molecule has 0 aliphatic heterocycles. The quantitative estimate of drug-likeness (QED) is 0.0840. The lowest BCUT2D eigenvalue weighted by Crippen LogP contribution is -2.17. The molecule has 5 heteroatoms. The second-order valence-electron chi connectivity index (χ2n) is 11.1. The summed E-state index contributed by atoms with van der Waals surface area (Å²) in [6.45, 7) is 8.82. The van der Waals surface area contributed by atoms with Crippen molar-refractivity contribution >= 4 is 0 Å². The summed E-state index contributed by atoms with van der Waals surface area (Å²) in [6, 6.07) is 18.9. The van der Waals surface area contributed by atoms with Crippen LogP contribution in [0.5, 0.6) is 5.75 Å². The van der Waals surface area contributed by atoms with Gasteiger partial charge in [0.05, 0.1) is 7.11 Å². The van der Waals surface area contributed by atoms with Crippen molar-refractivity contribution in [2.45, 2.75) is 103 Å². The highest BCUT2D eigenvalue weighted by Crippen LogP contribution is 2.16. The smallest absolute Gasteiger partial charge is 0.123 e. The average molecular weight is 553 g/mol. The molecule has 0 heterocycles. The molecule has 2 aromatic carbocycles. The fourth-order valence-corrected chi connectivity index (χ4v) is 5.06. The summed E-state index contributed by atoms with van der Waals surface area (Å²) in [5, 5.41) is 14.4. The minimum atomic E-state index is 0.886. The van der Waals surface area contributed by atoms with Crippen molar-refractivity contribution in [3.8, 4) is 5.75 Å². The molecule has 0 atom stereocenters. The van der Waals surface area contributed by atoms with Crippen LogP contribution in [-0.2, 0) is 13.1 Å². The van der Waals surface area contributed by atoms with E-state index < -0.39 is 0 Å². The fourth-order valence-electron chi connectivity index (χ4n) is 5.06. The van der Waals surface area contributed by atoms with Crippen LogP contribution < -0.4 is 26.0 Å². The van der Waals surface area contributed by atoms with Gasteiger partial charge in [-0.05, 0) is 89.4 Å². The molecule has 40 heavy (non-hydrogen) atoms. The first-order valence-electron chi connectivity index (χ1n) is 16.4. The first kappa shape index (κ1) is 34.3. The predicted octanol–water partition coefficient (Wildman–Crippen LogP) is 7.22. The van der Waals surface area contributed by atoms with Crippen LogP contribution in [-0.4, -0.2) is 46.4 Å². The predicted molar refractivity (Wildman–Crippen MR) is 173 cm³/mol. The zero-order valence-electron chi connectivity index (χ0n) is 25.7. The van der Waals surface area contributed by atoms with E-state index in [1.54, 1.807) is 7.11 Å². The van der Waals surface area contributed by atoms with E-state index >= 15 is 0 Å². The zero-order valence-corrected chi connectivity index (χ0v) is 25.7. The molecule has 0 saturated heterocycles. The number of benzene rings is 2. The Labute approximate surface area is 246 Å². The van der Waals surface area contributed by atoms with Gasteiger partial charge < -0.3 is 26.0 Å². The third-order valence-corrected chi connectivity index (χ3v) is 7.55. The Balaban J connectivity index is 1.19. The van der Waals surface area contributed by atoms with Gasteiger partial charge in [-0.25, -0.2) is 0 Å². The minimum Gasteiger partial charge on any atom is -0.496 e. The summed E-state index contributed by atoms with van der Waals surface area (Å²) < 4.78 is 5.41. The molecule has 0 spiro atoms. The number of nitrogens with one attached hydrogen (secondary N) is 4. The molecule has 0 unspecified atom stereocenters. The second-order valence-corrected chi connectivity index (χ2v) is 11.1.